The highest BCUT2D eigenvalue weighted by Gasteiger charge is 2.59. The van der Waals surface area contributed by atoms with Crippen LogP contribution in [0.25, 0.3) is 0 Å². The van der Waals surface area contributed by atoms with Crippen LogP contribution in [0.5, 0.6) is 0 Å². The van der Waals surface area contributed by atoms with E-state index < -0.39 is 0 Å². The molecule has 4 aliphatic rings. The molecule has 0 aromatic rings. The van der Waals surface area contributed by atoms with Gasteiger partial charge in [-0.05, 0) is 116 Å². The fourth-order valence-corrected chi connectivity index (χ4v) is 9.50. The van der Waals surface area contributed by atoms with Crippen LogP contribution in [-0.4, -0.2) is 0 Å². The van der Waals surface area contributed by atoms with E-state index >= 15 is 0 Å². The Hall–Kier alpha value is -0.260. The van der Waals surface area contributed by atoms with Crippen molar-refractivity contribution in [3.63, 3.8) is 0 Å². The zero-order valence-electron chi connectivity index (χ0n) is 20.6. The normalized spacial score (nSPS) is 46.1. The molecular formula is C29H50. The van der Waals surface area contributed by atoms with Crippen LogP contribution in [0.15, 0.2) is 12.2 Å². The molecule has 3 fully saturated rings. The molecule has 0 heteroatoms. The van der Waals surface area contributed by atoms with E-state index in [9.17, 15) is 0 Å². The standard InChI is InChI=1S/C29H50/c1-7-22(20(2)3)12-11-21(4)25-15-16-26-24-14-13-23-10-8-9-18-28(23,5)27(24)17-19-29(25,26)6/h8-9,20-27H,7,10-19H2,1-6H3/t21-,22+,23?,24+,25-,26+,27+,28+,29-/m1/s1. The molecule has 0 saturated heterocycles. The summed E-state index contributed by atoms with van der Waals surface area (Å²) in [5.74, 6) is 7.79. The Morgan fingerprint density at radius 3 is 2.34 bits per heavy atom. The first kappa shape index (κ1) is 22.0. The quantitative estimate of drug-likeness (QED) is 0.392. The maximum Gasteiger partial charge on any atom is -0.0229 e. The minimum atomic E-state index is 0.619. The van der Waals surface area contributed by atoms with Crippen molar-refractivity contribution in [3.05, 3.63) is 12.2 Å². The summed E-state index contributed by atoms with van der Waals surface area (Å²) < 4.78 is 0. The third kappa shape index (κ3) is 3.67. The van der Waals surface area contributed by atoms with Crippen LogP contribution >= 0.6 is 0 Å². The first-order valence-corrected chi connectivity index (χ1v) is 13.5. The minimum absolute atomic E-state index is 0.619. The monoisotopic (exact) mass is 398 g/mol. The summed E-state index contributed by atoms with van der Waals surface area (Å²) in [5.41, 5.74) is 1.27. The van der Waals surface area contributed by atoms with Gasteiger partial charge in [-0.1, -0.05) is 66.5 Å². The Balaban J connectivity index is 1.46. The molecular weight excluding hydrogens is 348 g/mol. The first-order chi connectivity index (χ1) is 13.8. The van der Waals surface area contributed by atoms with Gasteiger partial charge in [0.2, 0.25) is 0 Å². The van der Waals surface area contributed by atoms with E-state index in [4.69, 9.17) is 0 Å². The predicted octanol–water partition coefficient (Wildman–Crippen LogP) is 8.91. The van der Waals surface area contributed by atoms with E-state index in [1.807, 2.05) is 0 Å². The molecule has 0 amide bonds. The topological polar surface area (TPSA) is 0 Å². The lowest BCUT2D eigenvalue weighted by Crippen LogP contribution is -2.52. The maximum atomic E-state index is 2.75. The molecule has 4 aliphatic carbocycles. The average molecular weight is 399 g/mol. The number of allylic oxidation sites excluding steroid dienone is 2. The van der Waals surface area contributed by atoms with Gasteiger partial charge in [0.05, 0.1) is 0 Å². The van der Waals surface area contributed by atoms with Gasteiger partial charge in [-0.2, -0.15) is 0 Å². The summed E-state index contributed by atoms with van der Waals surface area (Å²) in [6, 6.07) is 0. The van der Waals surface area contributed by atoms with Crippen molar-refractivity contribution in [2.24, 2.45) is 58.2 Å². The molecule has 1 unspecified atom stereocenters. The average Bonchev–Trinajstić information content (AvgIpc) is 3.05. The Labute approximate surface area is 182 Å². The molecule has 4 rings (SSSR count). The van der Waals surface area contributed by atoms with Gasteiger partial charge in [0, 0.05) is 0 Å². The number of rotatable bonds is 6. The molecule has 166 valence electrons. The Bertz CT molecular complexity index is 587. The molecule has 9 atom stereocenters. The van der Waals surface area contributed by atoms with Crippen LogP contribution in [0, 0.1) is 58.2 Å². The molecule has 3 saturated carbocycles. The van der Waals surface area contributed by atoms with Crippen LogP contribution in [0.3, 0.4) is 0 Å². The Morgan fingerprint density at radius 2 is 1.62 bits per heavy atom. The van der Waals surface area contributed by atoms with Crippen LogP contribution in [-0.2, 0) is 0 Å². The second-order valence-corrected chi connectivity index (χ2v) is 12.8. The maximum absolute atomic E-state index is 2.75. The smallest absolute Gasteiger partial charge is 0.0229 e. The molecule has 0 aromatic heterocycles. The Kier molecular flexibility index (Phi) is 6.32. The number of hydrogen-bond donors (Lipinski definition) is 0. The second-order valence-electron chi connectivity index (χ2n) is 12.8. The Morgan fingerprint density at radius 1 is 0.862 bits per heavy atom. The van der Waals surface area contributed by atoms with E-state index in [0.717, 1.165) is 47.3 Å². The van der Waals surface area contributed by atoms with Gasteiger partial charge in [-0.15, -0.1) is 0 Å². The lowest BCUT2D eigenvalue weighted by Gasteiger charge is -2.60. The summed E-state index contributed by atoms with van der Waals surface area (Å²) in [5, 5.41) is 0. The third-order valence-corrected chi connectivity index (χ3v) is 11.4. The lowest BCUT2D eigenvalue weighted by atomic mass is 9.45. The fourth-order valence-electron chi connectivity index (χ4n) is 9.50. The van der Waals surface area contributed by atoms with Crippen LogP contribution in [0.1, 0.15) is 112 Å². The molecule has 0 aliphatic heterocycles. The molecule has 0 heterocycles. The van der Waals surface area contributed by atoms with Crippen LogP contribution < -0.4 is 0 Å². The van der Waals surface area contributed by atoms with Crippen molar-refractivity contribution in [1.82, 2.24) is 0 Å². The summed E-state index contributed by atoms with van der Waals surface area (Å²) in [4.78, 5) is 0. The second kappa shape index (κ2) is 8.35. The first-order valence-electron chi connectivity index (χ1n) is 13.5. The third-order valence-electron chi connectivity index (χ3n) is 11.4. The number of hydrogen-bond acceptors (Lipinski definition) is 0. The summed E-state index contributed by atoms with van der Waals surface area (Å²) >= 11 is 0. The fraction of sp³-hybridized carbons (Fsp3) is 0.931. The molecule has 0 aromatic carbocycles. The molecule has 0 nitrogen and oxygen atoms in total. The highest BCUT2D eigenvalue weighted by atomic mass is 14.6. The van der Waals surface area contributed by atoms with Gasteiger partial charge >= 0.3 is 0 Å². The van der Waals surface area contributed by atoms with Gasteiger partial charge in [0.25, 0.3) is 0 Å². The lowest BCUT2D eigenvalue weighted by molar-refractivity contribution is -0.101. The van der Waals surface area contributed by atoms with Crippen molar-refractivity contribution in [3.8, 4) is 0 Å². The van der Waals surface area contributed by atoms with E-state index in [0.29, 0.717) is 10.8 Å². The largest absolute Gasteiger partial charge is 0.0882 e. The highest BCUT2D eigenvalue weighted by Crippen LogP contribution is 2.68. The van der Waals surface area contributed by atoms with E-state index in [2.05, 4.69) is 53.7 Å². The predicted molar refractivity (Wildman–Crippen MR) is 127 cm³/mol. The van der Waals surface area contributed by atoms with E-state index in [-0.39, 0.29) is 0 Å². The van der Waals surface area contributed by atoms with Gasteiger partial charge in [0.1, 0.15) is 0 Å². The zero-order chi connectivity index (χ0) is 20.8. The molecule has 0 radical (unpaired) electrons. The van der Waals surface area contributed by atoms with Crippen molar-refractivity contribution in [2.45, 2.75) is 112 Å². The summed E-state index contributed by atoms with van der Waals surface area (Å²) in [7, 11) is 0. The van der Waals surface area contributed by atoms with Crippen molar-refractivity contribution < 1.29 is 0 Å². The molecule has 0 bridgehead atoms. The van der Waals surface area contributed by atoms with Crippen LogP contribution in [0.4, 0.5) is 0 Å². The van der Waals surface area contributed by atoms with Crippen molar-refractivity contribution >= 4 is 0 Å². The summed E-state index contributed by atoms with van der Waals surface area (Å²) in [6.45, 7) is 15.3. The summed E-state index contributed by atoms with van der Waals surface area (Å²) in [6.07, 6.45) is 21.3. The van der Waals surface area contributed by atoms with Gasteiger partial charge in [-0.25, -0.2) is 0 Å². The number of fused-ring (bicyclic) bond motifs is 5. The minimum Gasteiger partial charge on any atom is -0.0882 e. The van der Waals surface area contributed by atoms with Gasteiger partial charge < -0.3 is 0 Å². The van der Waals surface area contributed by atoms with Crippen LogP contribution in [0.2, 0.25) is 0 Å². The molecule has 0 N–H and O–H groups in total. The van der Waals surface area contributed by atoms with Crippen molar-refractivity contribution in [2.75, 3.05) is 0 Å². The van der Waals surface area contributed by atoms with Crippen molar-refractivity contribution in [1.29, 1.82) is 0 Å². The van der Waals surface area contributed by atoms with E-state index in [1.54, 1.807) is 12.8 Å². The molecule has 29 heavy (non-hydrogen) atoms. The SMILES string of the molecule is CC[C@@H](CC[C@@H](C)[C@H]1CC[C@H]2[C@@H]3CCC4CC=CC[C@]4(C)[C@H]3CC[C@]12C)C(C)C. The zero-order valence-corrected chi connectivity index (χ0v) is 20.6. The van der Waals surface area contributed by atoms with Gasteiger partial charge in [-0.3, -0.25) is 0 Å². The molecule has 0 spiro atoms. The van der Waals surface area contributed by atoms with E-state index in [1.165, 1.54) is 57.8 Å². The highest BCUT2D eigenvalue weighted by molar-refractivity contribution is 5.12. The van der Waals surface area contributed by atoms with Gasteiger partial charge in [0.15, 0.2) is 0 Å².